The first-order chi connectivity index (χ1) is 7.22. The second kappa shape index (κ2) is 6.53. The maximum Gasteiger partial charge on any atom is 0.0887 e. The summed E-state index contributed by atoms with van der Waals surface area (Å²) in [5.74, 6) is 0.692. The van der Waals surface area contributed by atoms with Crippen molar-refractivity contribution in [2.45, 2.75) is 33.4 Å². The largest absolute Gasteiger partial charge is 0.375 e. The maximum atomic E-state index is 5.51. The quantitative estimate of drug-likeness (QED) is 0.728. The molecule has 1 aromatic rings. The van der Waals surface area contributed by atoms with E-state index >= 15 is 0 Å². The first-order valence-corrected chi connectivity index (χ1v) is 5.44. The van der Waals surface area contributed by atoms with Gasteiger partial charge in [-0.2, -0.15) is 0 Å². The summed E-state index contributed by atoms with van der Waals surface area (Å²) in [6.07, 6.45) is 2.90. The molecule has 15 heavy (non-hydrogen) atoms. The zero-order valence-electron chi connectivity index (χ0n) is 9.57. The van der Waals surface area contributed by atoms with Crippen molar-refractivity contribution in [2.75, 3.05) is 6.61 Å². The van der Waals surface area contributed by atoms with E-state index < -0.39 is 0 Å². The van der Waals surface area contributed by atoms with Crippen LogP contribution in [0, 0.1) is 5.92 Å². The van der Waals surface area contributed by atoms with Gasteiger partial charge in [-0.1, -0.05) is 19.9 Å². The number of ether oxygens (including phenoxy) is 1. The zero-order chi connectivity index (χ0) is 11.1. The van der Waals surface area contributed by atoms with Gasteiger partial charge in [-0.3, -0.25) is 4.98 Å². The summed E-state index contributed by atoms with van der Waals surface area (Å²) in [6.45, 7) is 6.33. The van der Waals surface area contributed by atoms with Crippen LogP contribution in [0.3, 0.4) is 0 Å². The van der Waals surface area contributed by atoms with E-state index in [0.717, 1.165) is 24.3 Å². The Morgan fingerprint density at radius 3 is 2.73 bits per heavy atom. The number of aromatic nitrogens is 1. The van der Waals surface area contributed by atoms with Crippen LogP contribution in [0.5, 0.6) is 0 Å². The molecule has 0 atom stereocenters. The Bertz CT molecular complexity index is 269. The lowest BCUT2D eigenvalue weighted by Gasteiger charge is -2.06. The molecule has 84 valence electrons. The van der Waals surface area contributed by atoms with E-state index in [4.69, 9.17) is 10.5 Å². The van der Waals surface area contributed by atoms with Crippen molar-refractivity contribution in [2.24, 2.45) is 11.7 Å². The van der Waals surface area contributed by atoms with Crippen molar-refractivity contribution in [3.63, 3.8) is 0 Å². The standard InChI is InChI=1S/C12H20N2O/c1-10(2)5-6-15-9-12-4-3-11(7-13)8-14-12/h3-4,8,10H,5-7,9,13H2,1-2H3. The molecule has 0 aliphatic heterocycles. The molecule has 2 N–H and O–H groups in total. The highest BCUT2D eigenvalue weighted by Gasteiger charge is 1.97. The van der Waals surface area contributed by atoms with Gasteiger partial charge in [0.15, 0.2) is 0 Å². The Labute approximate surface area is 91.7 Å². The Morgan fingerprint density at radius 2 is 2.20 bits per heavy atom. The van der Waals surface area contributed by atoms with Crippen LogP contribution in [0.25, 0.3) is 0 Å². The van der Waals surface area contributed by atoms with Crippen LogP contribution in [0.15, 0.2) is 18.3 Å². The predicted molar refractivity (Wildman–Crippen MR) is 61.2 cm³/mol. The Morgan fingerprint density at radius 1 is 1.40 bits per heavy atom. The van der Waals surface area contributed by atoms with Crippen molar-refractivity contribution < 1.29 is 4.74 Å². The third-order valence-electron chi connectivity index (χ3n) is 2.21. The molecule has 0 amide bonds. The van der Waals surface area contributed by atoms with Crippen molar-refractivity contribution >= 4 is 0 Å². The molecule has 0 aliphatic carbocycles. The van der Waals surface area contributed by atoms with Gasteiger partial charge in [-0.15, -0.1) is 0 Å². The van der Waals surface area contributed by atoms with Crippen molar-refractivity contribution in [3.05, 3.63) is 29.6 Å². The first-order valence-electron chi connectivity index (χ1n) is 5.44. The fraction of sp³-hybridized carbons (Fsp3) is 0.583. The van der Waals surface area contributed by atoms with Crippen molar-refractivity contribution in [3.8, 4) is 0 Å². The highest BCUT2D eigenvalue weighted by Crippen LogP contribution is 2.03. The van der Waals surface area contributed by atoms with Gasteiger partial charge in [0.25, 0.3) is 0 Å². The van der Waals surface area contributed by atoms with E-state index in [1.807, 2.05) is 12.1 Å². The molecule has 3 heteroatoms. The molecular weight excluding hydrogens is 188 g/mol. The van der Waals surface area contributed by atoms with E-state index in [9.17, 15) is 0 Å². The summed E-state index contributed by atoms with van der Waals surface area (Å²) in [5, 5.41) is 0. The summed E-state index contributed by atoms with van der Waals surface area (Å²) in [7, 11) is 0. The molecule has 0 aromatic carbocycles. The molecule has 3 nitrogen and oxygen atoms in total. The molecule has 0 spiro atoms. The Balaban J connectivity index is 2.25. The SMILES string of the molecule is CC(C)CCOCc1ccc(CN)cn1. The smallest absolute Gasteiger partial charge is 0.0887 e. The van der Waals surface area contributed by atoms with Gasteiger partial charge in [0.2, 0.25) is 0 Å². The summed E-state index contributed by atoms with van der Waals surface area (Å²) in [5.41, 5.74) is 7.51. The fourth-order valence-electron chi connectivity index (χ4n) is 1.16. The highest BCUT2D eigenvalue weighted by molar-refractivity contribution is 5.13. The lowest BCUT2D eigenvalue weighted by atomic mass is 10.1. The molecule has 0 saturated carbocycles. The molecule has 0 fully saturated rings. The van der Waals surface area contributed by atoms with Crippen LogP contribution in [0.2, 0.25) is 0 Å². The Kier molecular flexibility index (Phi) is 5.29. The van der Waals surface area contributed by atoms with E-state index in [2.05, 4.69) is 18.8 Å². The van der Waals surface area contributed by atoms with Crippen LogP contribution in [-0.4, -0.2) is 11.6 Å². The third-order valence-corrected chi connectivity index (χ3v) is 2.21. The van der Waals surface area contributed by atoms with Gasteiger partial charge in [-0.25, -0.2) is 0 Å². The molecule has 0 unspecified atom stereocenters. The maximum absolute atomic E-state index is 5.51. The van der Waals surface area contributed by atoms with Gasteiger partial charge >= 0.3 is 0 Å². The van der Waals surface area contributed by atoms with E-state index in [1.165, 1.54) is 0 Å². The average molecular weight is 208 g/mol. The molecular formula is C12H20N2O. The molecule has 0 bridgehead atoms. The number of hydrogen-bond acceptors (Lipinski definition) is 3. The molecule has 0 radical (unpaired) electrons. The number of pyridine rings is 1. The topological polar surface area (TPSA) is 48.1 Å². The van der Waals surface area contributed by atoms with Gasteiger partial charge in [0, 0.05) is 19.3 Å². The second-order valence-electron chi connectivity index (χ2n) is 4.10. The van der Waals surface area contributed by atoms with E-state index in [1.54, 1.807) is 6.20 Å². The van der Waals surface area contributed by atoms with Crippen LogP contribution >= 0.6 is 0 Å². The summed E-state index contributed by atoms with van der Waals surface area (Å²) in [4.78, 5) is 4.26. The molecule has 1 aromatic heterocycles. The lowest BCUT2D eigenvalue weighted by Crippen LogP contribution is -2.02. The number of nitrogens with two attached hydrogens (primary N) is 1. The van der Waals surface area contributed by atoms with Gasteiger partial charge in [0.05, 0.1) is 12.3 Å². The van der Waals surface area contributed by atoms with Gasteiger partial charge < -0.3 is 10.5 Å². The van der Waals surface area contributed by atoms with Gasteiger partial charge in [0.1, 0.15) is 0 Å². The normalized spacial score (nSPS) is 10.9. The summed E-state index contributed by atoms with van der Waals surface area (Å²) in [6, 6.07) is 3.96. The second-order valence-corrected chi connectivity index (χ2v) is 4.10. The molecule has 1 heterocycles. The minimum absolute atomic E-state index is 0.543. The van der Waals surface area contributed by atoms with Crippen LogP contribution in [-0.2, 0) is 17.9 Å². The van der Waals surface area contributed by atoms with E-state index in [-0.39, 0.29) is 0 Å². The Hall–Kier alpha value is -0.930. The minimum Gasteiger partial charge on any atom is -0.375 e. The number of rotatable bonds is 6. The monoisotopic (exact) mass is 208 g/mol. The van der Waals surface area contributed by atoms with Crippen LogP contribution < -0.4 is 5.73 Å². The molecule has 1 rings (SSSR count). The third kappa shape index (κ3) is 4.91. The van der Waals surface area contributed by atoms with Crippen molar-refractivity contribution in [1.82, 2.24) is 4.98 Å². The summed E-state index contributed by atoms with van der Waals surface area (Å²) >= 11 is 0. The minimum atomic E-state index is 0.543. The molecule has 0 aliphatic rings. The number of hydrogen-bond donors (Lipinski definition) is 1. The summed E-state index contributed by atoms with van der Waals surface area (Å²) < 4.78 is 5.51. The highest BCUT2D eigenvalue weighted by atomic mass is 16.5. The fourth-order valence-corrected chi connectivity index (χ4v) is 1.16. The lowest BCUT2D eigenvalue weighted by molar-refractivity contribution is 0.108. The van der Waals surface area contributed by atoms with Crippen LogP contribution in [0.1, 0.15) is 31.5 Å². The van der Waals surface area contributed by atoms with Gasteiger partial charge in [-0.05, 0) is 24.0 Å². The first kappa shape index (κ1) is 12.1. The molecule has 0 saturated heterocycles. The van der Waals surface area contributed by atoms with Crippen LogP contribution in [0.4, 0.5) is 0 Å². The average Bonchev–Trinajstić information content (AvgIpc) is 2.25. The number of nitrogens with zero attached hydrogens (tertiary/aromatic N) is 1. The van der Waals surface area contributed by atoms with Crippen molar-refractivity contribution in [1.29, 1.82) is 0 Å². The predicted octanol–water partition coefficient (Wildman–Crippen LogP) is 2.10. The zero-order valence-corrected chi connectivity index (χ0v) is 9.57. The van der Waals surface area contributed by atoms with E-state index in [0.29, 0.717) is 19.1 Å².